The van der Waals surface area contributed by atoms with Crippen molar-refractivity contribution in [3.8, 4) is 0 Å². The van der Waals surface area contributed by atoms with Gasteiger partial charge in [-0.15, -0.1) is 0 Å². The number of hydrogen-bond acceptors (Lipinski definition) is 1. The lowest BCUT2D eigenvalue weighted by Crippen LogP contribution is -2.70. The van der Waals surface area contributed by atoms with Crippen LogP contribution in [0.5, 0.6) is 0 Å². The first-order valence-corrected chi connectivity index (χ1v) is 8.59. The third-order valence-corrected chi connectivity index (χ3v) is 7.32. The van der Waals surface area contributed by atoms with E-state index >= 15 is 0 Å². The van der Waals surface area contributed by atoms with Crippen molar-refractivity contribution in [3.63, 3.8) is 0 Å². The molecule has 18 heavy (non-hydrogen) atoms. The van der Waals surface area contributed by atoms with Crippen molar-refractivity contribution in [2.45, 2.75) is 75.8 Å². The van der Waals surface area contributed by atoms with Crippen molar-refractivity contribution in [2.75, 3.05) is 6.54 Å². The van der Waals surface area contributed by atoms with E-state index in [1.165, 1.54) is 25.8 Å². The van der Waals surface area contributed by atoms with E-state index in [9.17, 15) is 0 Å². The molecule has 5 saturated carbocycles. The highest BCUT2D eigenvalue weighted by molar-refractivity contribution is 5.12. The fourth-order valence-corrected chi connectivity index (χ4v) is 7.02. The highest BCUT2D eigenvalue weighted by Gasteiger charge is 2.58. The van der Waals surface area contributed by atoms with Crippen LogP contribution in [-0.4, -0.2) is 23.0 Å². The molecule has 5 aliphatic carbocycles. The van der Waals surface area contributed by atoms with Gasteiger partial charge in [-0.25, -0.2) is 0 Å². The third-order valence-electron chi connectivity index (χ3n) is 7.32. The normalized spacial score (nSPS) is 58.3. The van der Waals surface area contributed by atoms with Crippen LogP contribution in [0.4, 0.5) is 0 Å². The van der Waals surface area contributed by atoms with Gasteiger partial charge in [-0.1, -0.05) is 12.8 Å². The SMILES string of the molecule is C1CC[C@@H]2[C@@H](C1)CN2C12CC3CC(CC(C3)C1)C2. The molecule has 100 valence electrons. The van der Waals surface area contributed by atoms with Crippen LogP contribution in [0.15, 0.2) is 0 Å². The lowest BCUT2D eigenvalue weighted by atomic mass is 9.51. The molecular weight excluding hydrogens is 218 g/mol. The highest BCUT2D eigenvalue weighted by Crippen LogP contribution is 2.60. The Morgan fingerprint density at radius 2 is 1.39 bits per heavy atom. The van der Waals surface area contributed by atoms with E-state index in [0.29, 0.717) is 5.54 Å². The van der Waals surface area contributed by atoms with Gasteiger partial charge in [0.15, 0.2) is 0 Å². The molecule has 2 atom stereocenters. The van der Waals surface area contributed by atoms with E-state index in [1.807, 2.05) is 0 Å². The minimum Gasteiger partial charge on any atom is -0.294 e. The number of fused-ring (bicyclic) bond motifs is 1. The molecule has 0 aromatic rings. The molecule has 6 aliphatic rings. The van der Waals surface area contributed by atoms with Gasteiger partial charge < -0.3 is 0 Å². The van der Waals surface area contributed by atoms with Gasteiger partial charge in [0.25, 0.3) is 0 Å². The monoisotopic (exact) mass is 245 g/mol. The second kappa shape index (κ2) is 3.53. The van der Waals surface area contributed by atoms with E-state index in [2.05, 4.69) is 4.90 Å². The summed E-state index contributed by atoms with van der Waals surface area (Å²) >= 11 is 0. The third kappa shape index (κ3) is 1.32. The standard InChI is InChI=1S/C17H27N/c1-2-4-16-15(3-1)11-18(16)17-8-12-5-13(9-17)7-14(6-12)10-17/h12-16H,1-11H2/t12?,13?,14?,15-,16+,17?/m0/s1. The average molecular weight is 245 g/mol. The molecule has 1 heteroatoms. The first-order chi connectivity index (χ1) is 8.82. The molecule has 4 bridgehead atoms. The molecule has 6 fully saturated rings. The van der Waals surface area contributed by atoms with Crippen molar-refractivity contribution in [1.82, 2.24) is 4.90 Å². The molecule has 0 N–H and O–H groups in total. The Kier molecular flexibility index (Phi) is 2.10. The van der Waals surface area contributed by atoms with Crippen LogP contribution in [0.2, 0.25) is 0 Å². The Morgan fingerprint density at radius 3 is 2.00 bits per heavy atom. The highest BCUT2D eigenvalue weighted by atomic mass is 15.3. The summed E-state index contributed by atoms with van der Waals surface area (Å²) < 4.78 is 0. The van der Waals surface area contributed by atoms with E-state index in [4.69, 9.17) is 0 Å². The quantitative estimate of drug-likeness (QED) is 0.678. The van der Waals surface area contributed by atoms with Crippen LogP contribution in [-0.2, 0) is 0 Å². The topological polar surface area (TPSA) is 3.24 Å². The Balaban J connectivity index is 1.43. The summed E-state index contributed by atoms with van der Waals surface area (Å²) in [5.74, 6) is 4.48. The lowest BCUT2D eigenvalue weighted by Gasteiger charge is -2.67. The number of likely N-dealkylation sites (tertiary alicyclic amines) is 1. The summed E-state index contributed by atoms with van der Waals surface area (Å²) in [5, 5.41) is 0. The molecule has 1 nitrogen and oxygen atoms in total. The zero-order chi connectivity index (χ0) is 11.7. The van der Waals surface area contributed by atoms with Gasteiger partial charge in [-0.3, -0.25) is 4.90 Å². The summed E-state index contributed by atoms with van der Waals surface area (Å²) in [5.41, 5.74) is 0.716. The Bertz CT molecular complexity index is 325. The maximum Gasteiger partial charge on any atom is 0.0220 e. The average Bonchev–Trinajstić information content (AvgIpc) is 2.28. The van der Waals surface area contributed by atoms with Gasteiger partial charge in [0.05, 0.1) is 0 Å². The fraction of sp³-hybridized carbons (Fsp3) is 1.00. The molecule has 1 saturated heterocycles. The van der Waals surface area contributed by atoms with Crippen LogP contribution in [0, 0.1) is 23.7 Å². The number of rotatable bonds is 1. The summed E-state index contributed by atoms with van der Waals surface area (Å²) in [6, 6.07) is 1.02. The number of nitrogens with zero attached hydrogens (tertiary/aromatic N) is 1. The number of hydrogen-bond donors (Lipinski definition) is 0. The largest absolute Gasteiger partial charge is 0.294 e. The first-order valence-electron chi connectivity index (χ1n) is 8.59. The molecular formula is C17H27N. The maximum atomic E-state index is 3.04. The minimum atomic E-state index is 0.716. The van der Waals surface area contributed by atoms with E-state index < -0.39 is 0 Å². The molecule has 0 spiro atoms. The Morgan fingerprint density at radius 1 is 0.778 bits per heavy atom. The lowest BCUT2D eigenvalue weighted by molar-refractivity contribution is -0.167. The van der Waals surface area contributed by atoms with Gasteiger partial charge in [-0.05, 0) is 75.0 Å². The van der Waals surface area contributed by atoms with Gasteiger partial charge in [0.1, 0.15) is 0 Å². The van der Waals surface area contributed by atoms with Crippen molar-refractivity contribution >= 4 is 0 Å². The van der Waals surface area contributed by atoms with Crippen LogP contribution in [0.3, 0.4) is 0 Å². The molecule has 0 unspecified atom stereocenters. The van der Waals surface area contributed by atoms with Crippen molar-refractivity contribution in [1.29, 1.82) is 0 Å². The zero-order valence-electron chi connectivity index (χ0n) is 11.6. The summed E-state index contributed by atoms with van der Waals surface area (Å²) in [7, 11) is 0. The summed E-state index contributed by atoms with van der Waals surface area (Å²) in [6.07, 6.45) is 15.7. The molecule has 6 rings (SSSR count). The summed E-state index contributed by atoms with van der Waals surface area (Å²) in [6.45, 7) is 1.48. The van der Waals surface area contributed by atoms with Gasteiger partial charge in [0.2, 0.25) is 0 Å². The molecule has 0 aromatic heterocycles. The van der Waals surface area contributed by atoms with Gasteiger partial charge in [0, 0.05) is 18.1 Å². The van der Waals surface area contributed by atoms with Crippen LogP contribution >= 0.6 is 0 Å². The second-order valence-electron chi connectivity index (χ2n) is 8.41. The summed E-state index contributed by atoms with van der Waals surface area (Å²) in [4.78, 5) is 3.04. The van der Waals surface area contributed by atoms with E-state index in [0.717, 1.165) is 29.7 Å². The minimum absolute atomic E-state index is 0.716. The van der Waals surface area contributed by atoms with Crippen molar-refractivity contribution < 1.29 is 0 Å². The molecule has 1 heterocycles. The van der Waals surface area contributed by atoms with E-state index in [1.54, 1.807) is 44.9 Å². The van der Waals surface area contributed by atoms with Gasteiger partial charge in [-0.2, -0.15) is 0 Å². The Hall–Kier alpha value is -0.0400. The maximum absolute atomic E-state index is 3.04. The van der Waals surface area contributed by atoms with Gasteiger partial charge >= 0.3 is 0 Å². The molecule has 0 aromatic carbocycles. The predicted molar refractivity (Wildman–Crippen MR) is 73.4 cm³/mol. The van der Waals surface area contributed by atoms with Crippen molar-refractivity contribution in [3.05, 3.63) is 0 Å². The molecule has 0 amide bonds. The van der Waals surface area contributed by atoms with Crippen LogP contribution < -0.4 is 0 Å². The van der Waals surface area contributed by atoms with Crippen LogP contribution in [0.25, 0.3) is 0 Å². The van der Waals surface area contributed by atoms with Crippen LogP contribution in [0.1, 0.15) is 64.2 Å². The smallest absolute Gasteiger partial charge is 0.0220 e. The zero-order valence-corrected chi connectivity index (χ0v) is 11.6. The molecule has 0 radical (unpaired) electrons. The predicted octanol–water partition coefficient (Wildman–Crippen LogP) is 3.83. The van der Waals surface area contributed by atoms with Crippen molar-refractivity contribution in [2.24, 2.45) is 23.7 Å². The first kappa shape index (κ1) is 10.7. The Labute approximate surface area is 111 Å². The second-order valence-corrected chi connectivity index (χ2v) is 8.41. The van der Waals surface area contributed by atoms with E-state index in [-0.39, 0.29) is 0 Å². The molecule has 1 aliphatic heterocycles. The fourth-order valence-electron chi connectivity index (χ4n) is 7.02.